The number of nitrogens with zero attached hydrogens (tertiary/aromatic N) is 1. The summed E-state index contributed by atoms with van der Waals surface area (Å²) < 4.78 is 26.6. The van der Waals surface area contributed by atoms with Crippen molar-refractivity contribution in [2.45, 2.75) is 25.0 Å². The van der Waals surface area contributed by atoms with Crippen LogP contribution >= 0.6 is 0 Å². The molecule has 5 nitrogen and oxygen atoms in total. The first-order chi connectivity index (χ1) is 7.45. The lowest BCUT2D eigenvalue weighted by molar-refractivity contribution is 0.277. The molecule has 0 radical (unpaired) electrons. The quantitative estimate of drug-likeness (QED) is 0.695. The van der Waals surface area contributed by atoms with Crippen molar-refractivity contribution in [3.63, 3.8) is 0 Å². The summed E-state index contributed by atoms with van der Waals surface area (Å²) in [5.74, 6) is 0.191. The van der Waals surface area contributed by atoms with Gasteiger partial charge < -0.3 is 10.6 Å². The molecule has 0 aromatic carbocycles. The molecule has 1 rings (SSSR count). The highest BCUT2D eigenvalue weighted by Gasteiger charge is 2.29. The van der Waals surface area contributed by atoms with Gasteiger partial charge in [-0.15, -0.1) is 0 Å². The minimum Gasteiger partial charge on any atom is -0.330 e. The first kappa shape index (κ1) is 13.9. The number of hydrogen-bond donors (Lipinski definition) is 2. The van der Waals surface area contributed by atoms with Crippen LogP contribution < -0.4 is 10.5 Å². The number of piperidine rings is 1. The SMILES string of the molecule is CC(CN)CNS(=O)(=O)C1CCCN(C)C1. The van der Waals surface area contributed by atoms with Crippen molar-refractivity contribution in [2.24, 2.45) is 11.7 Å². The zero-order chi connectivity index (χ0) is 12.2. The van der Waals surface area contributed by atoms with Crippen LogP contribution in [0.3, 0.4) is 0 Å². The van der Waals surface area contributed by atoms with Gasteiger partial charge >= 0.3 is 0 Å². The van der Waals surface area contributed by atoms with Gasteiger partial charge in [0.25, 0.3) is 0 Å². The van der Waals surface area contributed by atoms with Gasteiger partial charge in [0.2, 0.25) is 10.0 Å². The van der Waals surface area contributed by atoms with E-state index in [4.69, 9.17) is 5.73 Å². The summed E-state index contributed by atoms with van der Waals surface area (Å²) >= 11 is 0. The van der Waals surface area contributed by atoms with Crippen molar-refractivity contribution in [3.8, 4) is 0 Å². The maximum Gasteiger partial charge on any atom is 0.215 e. The Hall–Kier alpha value is -0.170. The molecule has 0 aliphatic carbocycles. The van der Waals surface area contributed by atoms with Crippen LogP contribution in [0.2, 0.25) is 0 Å². The van der Waals surface area contributed by atoms with E-state index in [9.17, 15) is 8.42 Å². The number of nitrogens with one attached hydrogen (secondary N) is 1. The largest absolute Gasteiger partial charge is 0.330 e. The molecule has 16 heavy (non-hydrogen) atoms. The van der Waals surface area contributed by atoms with Crippen molar-refractivity contribution in [2.75, 3.05) is 33.2 Å². The van der Waals surface area contributed by atoms with Crippen LogP contribution in [0.15, 0.2) is 0 Å². The summed E-state index contributed by atoms with van der Waals surface area (Å²) in [7, 11) is -1.21. The number of hydrogen-bond acceptors (Lipinski definition) is 4. The zero-order valence-corrected chi connectivity index (χ0v) is 11.0. The standard InChI is InChI=1S/C10H23N3O2S/c1-9(6-11)7-12-16(14,15)10-4-3-5-13(2)8-10/h9-10,12H,3-8,11H2,1-2H3. The Bertz CT molecular complexity index is 305. The second kappa shape index (κ2) is 5.95. The molecule has 2 atom stereocenters. The van der Waals surface area contributed by atoms with Gasteiger partial charge in [0.1, 0.15) is 0 Å². The van der Waals surface area contributed by atoms with E-state index in [0.717, 1.165) is 19.4 Å². The van der Waals surface area contributed by atoms with Gasteiger partial charge in [0.05, 0.1) is 5.25 Å². The van der Waals surface area contributed by atoms with E-state index in [2.05, 4.69) is 9.62 Å². The number of nitrogens with two attached hydrogens (primary N) is 1. The highest BCUT2D eigenvalue weighted by atomic mass is 32.2. The highest BCUT2D eigenvalue weighted by Crippen LogP contribution is 2.15. The van der Waals surface area contributed by atoms with E-state index in [-0.39, 0.29) is 11.2 Å². The molecule has 0 amide bonds. The Labute approximate surface area is 98.4 Å². The van der Waals surface area contributed by atoms with Gasteiger partial charge in [-0.2, -0.15) is 0 Å². The van der Waals surface area contributed by atoms with E-state index in [1.807, 2.05) is 14.0 Å². The van der Waals surface area contributed by atoms with E-state index < -0.39 is 10.0 Å². The highest BCUT2D eigenvalue weighted by molar-refractivity contribution is 7.90. The maximum absolute atomic E-state index is 12.0. The molecule has 0 bridgehead atoms. The normalized spacial score (nSPS) is 25.6. The van der Waals surface area contributed by atoms with Crippen molar-refractivity contribution in [3.05, 3.63) is 0 Å². The molecule has 0 saturated carbocycles. The molecule has 6 heteroatoms. The van der Waals surface area contributed by atoms with Gasteiger partial charge in [-0.25, -0.2) is 13.1 Å². The first-order valence-corrected chi connectivity index (χ1v) is 7.37. The fourth-order valence-corrected chi connectivity index (χ4v) is 3.51. The van der Waals surface area contributed by atoms with Crippen molar-refractivity contribution in [1.29, 1.82) is 0 Å². The predicted octanol–water partition coefficient (Wildman–Crippen LogP) is -0.405. The Morgan fingerprint density at radius 2 is 2.25 bits per heavy atom. The van der Waals surface area contributed by atoms with Gasteiger partial charge in [0.15, 0.2) is 0 Å². The summed E-state index contributed by atoms with van der Waals surface area (Å²) in [6.45, 7) is 4.51. The van der Waals surface area contributed by atoms with E-state index in [0.29, 0.717) is 19.6 Å². The summed E-state index contributed by atoms with van der Waals surface area (Å²) in [5, 5.41) is -0.267. The molecular formula is C10H23N3O2S. The van der Waals surface area contributed by atoms with Gasteiger partial charge in [0, 0.05) is 13.1 Å². The Morgan fingerprint density at radius 1 is 1.56 bits per heavy atom. The first-order valence-electron chi connectivity index (χ1n) is 5.82. The van der Waals surface area contributed by atoms with E-state index >= 15 is 0 Å². The number of sulfonamides is 1. The summed E-state index contributed by atoms with van der Waals surface area (Å²) in [4.78, 5) is 2.07. The minimum atomic E-state index is -3.17. The third kappa shape index (κ3) is 4.01. The van der Waals surface area contributed by atoms with Gasteiger partial charge in [-0.1, -0.05) is 6.92 Å². The molecule has 2 unspecified atom stereocenters. The molecular weight excluding hydrogens is 226 g/mol. The summed E-state index contributed by atoms with van der Waals surface area (Å²) in [5.41, 5.74) is 5.46. The van der Waals surface area contributed by atoms with Crippen LogP contribution in [0.5, 0.6) is 0 Å². The van der Waals surface area contributed by atoms with Crippen LogP contribution in [0.25, 0.3) is 0 Å². The molecule has 0 spiro atoms. The lowest BCUT2D eigenvalue weighted by atomic mass is 10.1. The molecule has 0 aromatic rings. The van der Waals surface area contributed by atoms with Crippen LogP contribution in [-0.2, 0) is 10.0 Å². The maximum atomic E-state index is 12.0. The number of likely N-dealkylation sites (tertiary alicyclic amines) is 1. The number of rotatable bonds is 5. The Kier molecular flexibility index (Phi) is 5.17. The molecule has 1 aliphatic heterocycles. The summed E-state index contributed by atoms with van der Waals surface area (Å²) in [6, 6.07) is 0. The molecule has 96 valence electrons. The lowest BCUT2D eigenvalue weighted by Gasteiger charge is -2.29. The second-order valence-corrected chi connectivity index (χ2v) is 6.81. The van der Waals surface area contributed by atoms with Crippen molar-refractivity contribution in [1.82, 2.24) is 9.62 Å². The molecule has 0 aromatic heterocycles. The fourth-order valence-electron chi connectivity index (χ4n) is 1.83. The third-order valence-corrected chi connectivity index (χ3v) is 4.89. The average Bonchev–Trinajstić information content (AvgIpc) is 2.26. The molecule has 1 aliphatic rings. The topological polar surface area (TPSA) is 75.4 Å². The van der Waals surface area contributed by atoms with Crippen molar-refractivity contribution >= 4 is 10.0 Å². The predicted molar refractivity (Wildman–Crippen MR) is 65.7 cm³/mol. The smallest absolute Gasteiger partial charge is 0.215 e. The van der Waals surface area contributed by atoms with Crippen LogP contribution in [-0.4, -0.2) is 51.8 Å². The summed E-state index contributed by atoms with van der Waals surface area (Å²) in [6.07, 6.45) is 1.71. The monoisotopic (exact) mass is 249 g/mol. The third-order valence-electron chi connectivity index (χ3n) is 3.06. The molecule has 3 N–H and O–H groups in total. The fraction of sp³-hybridized carbons (Fsp3) is 1.00. The van der Waals surface area contributed by atoms with Crippen LogP contribution in [0, 0.1) is 5.92 Å². The van der Waals surface area contributed by atoms with E-state index in [1.165, 1.54) is 0 Å². The Morgan fingerprint density at radius 3 is 2.81 bits per heavy atom. The molecule has 1 saturated heterocycles. The average molecular weight is 249 g/mol. The molecule has 1 heterocycles. The minimum absolute atomic E-state index is 0.191. The Balaban J connectivity index is 2.49. The van der Waals surface area contributed by atoms with Gasteiger partial charge in [-0.05, 0) is 38.9 Å². The molecule has 1 fully saturated rings. The van der Waals surface area contributed by atoms with E-state index in [1.54, 1.807) is 0 Å². The van der Waals surface area contributed by atoms with Crippen LogP contribution in [0.1, 0.15) is 19.8 Å². The van der Waals surface area contributed by atoms with Crippen molar-refractivity contribution < 1.29 is 8.42 Å². The second-order valence-electron chi connectivity index (χ2n) is 4.76. The zero-order valence-electron chi connectivity index (χ0n) is 10.1. The van der Waals surface area contributed by atoms with Gasteiger partial charge in [-0.3, -0.25) is 0 Å². The lowest BCUT2D eigenvalue weighted by Crippen LogP contribution is -2.46. The van der Waals surface area contributed by atoms with Crippen LogP contribution in [0.4, 0.5) is 0 Å².